The maximum absolute atomic E-state index is 6.79. The highest BCUT2D eigenvalue weighted by Crippen LogP contribution is 2.38. The van der Waals surface area contributed by atoms with Crippen molar-refractivity contribution in [2.75, 3.05) is 13.1 Å². The molecule has 1 aromatic rings. The lowest BCUT2D eigenvalue weighted by Crippen LogP contribution is -2.41. The maximum atomic E-state index is 6.79. The molecule has 0 aliphatic rings. The van der Waals surface area contributed by atoms with Gasteiger partial charge in [0.25, 0.3) is 0 Å². The van der Waals surface area contributed by atoms with Crippen molar-refractivity contribution in [3.8, 4) is 0 Å². The van der Waals surface area contributed by atoms with Gasteiger partial charge in [0.05, 0.1) is 6.10 Å². The Bertz CT molecular complexity index is 545. The summed E-state index contributed by atoms with van der Waals surface area (Å²) in [7, 11) is -1.82. The van der Waals surface area contributed by atoms with Crippen molar-refractivity contribution < 1.29 is 4.43 Å². The van der Waals surface area contributed by atoms with E-state index in [1.54, 1.807) is 12.1 Å². The van der Waals surface area contributed by atoms with E-state index >= 15 is 0 Å². The normalized spacial score (nSPS) is 13.9. The van der Waals surface area contributed by atoms with Gasteiger partial charge in [0.2, 0.25) is 0 Å². The highest BCUT2D eigenvalue weighted by Gasteiger charge is 2.34. The first kappa shape index (κ1) is 24.3. The summed E-state index contributed by atoms with van der Waals surface area (Å²) in [6, 6.07) is 6.76. The van der Waals surface area contributed by atoms with E-state index in [2.05, 4.69) is 46.9 Å². The van der Waals surface area contributed by atoms with Crippen LogP contribution in [0, 0.1) is 5.41 Å². The molecule has 6 heteroatoms. The molecule has 2 nitrogen and oxygen atoms in total. The molecule has 0 aromatic heterocycles. The Labute approximate surface area is 176 Å². The molecular weight excluding hydrogens is 405 g/mol. The molecule has 0 amide bonds. The Hall–Kier alpha value is 0.227. The molecule has 1 N–H and O–H groups in total. The number of benzene rings is 1. The average molecular weight is 439 g/mol. The third-order valence-electron chi connectivity index (χ3n) is 5.58. The zero-order chi connectivity index (χ0) is 20.0. The van der Waals surface area contributed by atoms with Gasteiger partial charge < -0.3 is 9.74 Å². The Morgan fingerprint density at radius 2 is 1.50 bits per heavy atom. The van der Waals surface area contributed by atoms with E-state index < -0.39 is 8.32 Å². The van der Waals surface area contributed by atoms with E-state index in [1.165, 1.54) is 0 Å². The molecule has 0 spiro atoms. The predicted octanol–water partition coefficient (Wildman–Crippen LogP) is 7.74. The number of nitrogens with one attached hydrogen (secondary N) is 1. The van der Waals surface area contributed by atoms with Gasteiger partial charge in [-0.15, -0.1) is 0 Å². The summed E-state index contributed by atoms with van der Waals surface area (Å²) < 4.78 is 6.79. The summed E-state index contributed by atoms with van der Waals surface area (Å²) in [6.45, 7) is 15.1. The van der Waals surface area contributed by atoms with Crippen LogP contribution >= 0.6 is 34.8 Å². The van der Waals surface area contributed by atoms with Gasteiger partial charge in [0.1, 0.15) is 0 Å². The molecule has 1 atom stereocenters. The quantitative estimate of drug-likeness (QED) is 0.357. The maximum Gasteiger partial charge on any atom is 0.192 e. The van der Waals surface area contributed by atoms with Gasteiger partial charge in [-0.3, -0.25) is 0 Å². The van der Waals surface area contributed by atoms with Gasteiger partial charge in [-0.2, -0.15) is 0 Å². The monoisotopic (exact) mass is 437 g/mol. The molecular formula is C20H34Cl3NOSi. The van der Waals surface area contributed by atoms with Crippen molar-refractivity contribution in [3.05, 3.63) is 32.8 Å². The first-order chi connectivity index (χ1) is 12.1. The molecule has 0 saturated carbocycles. The molecule has 0 heterocycles. The molecule has 0 saturated heterocycles. The SMILES string of the molecule is CCC(C)(C)CNCC(O[Si](CC)(CC)CC)c1c(Cl)cc(Cl)cc1Cl. The van der Waals surface area contributed by atoms with E-state index in [9.17, 15) is 0 Å². The van der Waals surface area contributed by atoms with E-state index in [0.29, 0.717) is 21.6 Å². The second-order valence-electron chi connectivity index (χ2n) is 7.78. The fraction of sp³-hybridized carbons (Fsp3) is 0.700. The van der Waals surface area contributed by atoms with Gasteiger partial charge in [-0.05, 0) is 42.1 Å². The van der Waals surface area contributed by atoms with Gasteiger partial charge >= 0.3 is 0 Å². The third kappa shape index (κ3) is 6.68. The summed E-state index contributed by atoms with van der Waals surface area (Å²) in [4.78, 5) is 0. The Kier molecular flexibility index (Phi) is 9.97. The van der Waals surface area contributed by atoms with Crippen molar-refractivity contribution in [3.63, 3.8) is 0 Å². The van der Waals surface area contributed by atoms with Crippen LogP contribution in [0.15, 0.2) is 12.1 Å². The molecule has 0 aliphatic carbocycles. The van der Waals surface area contributed by atoms with Crippen LogP contribution in [0.2, 0.25) is 33.2 Å². The first-order valence-corrected chi connectivity index (χ1v) is 13.3. The largest absolute Gasteiger partial charge is 0.409 e. The van der Waals surface area contributed by atoms with Crippen molar-refractivity contribution in [1.29, 1.82) is 0 Å². The van der Waals surface area contributed by atoms with Crippen LogP contribution < -0.4 is 5.32 Å². The van der Waals surface area contributed by atoms with E-state index in [-0.39, 0.29) is 11.5 Å². The average Bonchev–Trinajstić information content (AvgIpc) is 2.58. The van der Waals surface area contributed by atoms with Crippen LogP contribution in [0.5, 0.6) is 0 Å². The molecule has 26 heavy (non-hydrogen) atoms. The summed E-state index contributed by atoms with van der Waals surface area (Å²) in [5.41, 5.74) is 1.10. The summed E-state index contributed by atoms with van der Waals surface area (Å²) in [6.07, 6.45) is 0.956. The molecule has 0 aliphatic heterocycles. The Morgan fingerprint density at radius 3 is 1.92 bits per heavy atom. The Morgan fingerprint density at radius 1 is 1.00 bits per heavy atom. The van der Waals surface area contributed by atoms with Crippen molar-refractivity contribution in [1.82, 2.24) is 5.32 Å². The highest BCUT2D eigenvalue weighted by atomic mass is 35.5. The summed E-state index contributed by atoms with van der Waals surface area (Å²) in [5, 5.41) is 5.29. The van der Waals surface area contributed by atoms with Crippen LogP contribution in [-0.4, -0.2) is 21.4 Å². The van der Waals surface area contributed by atoms with Crippen molar-refractivity contribution in [2.45, 2.75) is 72.2 Å². The van der Waals surface area contributed by atoms with Crippen LogP contribution in [-0.2, 0) is 4.43 Å². The van der Waals surface area contributed by atoms with E-state index in [0.717, 1.165) is 36.7 Å². The zero-order valence-electron chi connectivity index (χ0n) is 17.0. The van der Waals surface area contributed by atoms with Crippen LogP contribution in [0.1, 0.15) is 59.6 Å². The van der Waals surface area contributed by atoms with Gasteiger partial charge in [-0.25, -0.2) is 0 Å². The lowest BCUT2D eigenvalue weighted by molar-refractivity contribution is 0.179. The first-order valence-electron chi connectivity index (χ1n) is 9.66. The Balaban J connectivity index is 3.14. The van der Waals surface area contributed by atoms with Gasteiger partial charge in [-0.1, -0.05) is 76.3 Å². The molecule has 0 radical (unpaired) electrons. The smallest absolute Gasteiger partial charge is 0.192 e. The standard InChI is InChI=1S/C20H34Cl3NOSi/c1-7-20(5,6)14-24-13-18(25-26(8-2,9-3)10-4)19-16(22)11-15(21)12-17(19)23/h11-12,18,24H,7-10,13-14H2,1-6H3. The van der Waals surface area contributed by atoms with Crippen molar-refractivity contribution in [2.24, 2.45) is 5.41 Å². The van der Waals surface area contributed by atoms with Gasteiger partial charge in [0, 0.05) is 33.7 Å². The number of rotatable bonds is 11. The summed E-state index contributed by atoms with van der Waals surface area (Å²) >= 11 is 19.2. The molecule has 1 aromatic carbocycles. The second-order valence-corrected chi connectivity index (χ2v) is 13.8. The van der Waals surface area contributed by atoms with E-state index in [1.807, 2.05) is 0 Å². The minimum atomic E-state index is -1.82. The lowest BCUT2D eigenvalue weighted by atomic mass is 9.90. The molecule has 1 unspecified atom stereocenters. The second kappa shape index (κ2) is 10.7. The van der Waals surface area contributed by atoms with Crippen LogP contribution in [0.25, 0.3) is 0 Å². The molecule has 1 rings (SSSR count). The highest BCUT2D eigenvalue weighted by molar-refractivity contribution is 6.73. The topological polar surface area (TPSA) is 21.3 Å². The minimum Gasteiger partial charge on any atom is -0.409 e. The van der Waals surface area contributed by atoms with Gasteiger partial charge in [0.15, 0.2) is 8.32 Å². The predicted molar refractivity (Wildman–Crippen MR) is 119 cm³/mol. The molecule has 0 bridgehead atoms. The van der Waals surface area contributed by atoms with Crippen LogP contribution in [0.4, 0.5) is 0 Å². The molecule has 0 fully saturated rings. The number of halogens is 3. The third-order valence-corrected chi connectivity index (χ3v) is 11.1. The zero-order valence-corrected chi connectivity index (χ0v) is 20.3. The molecule has 150 valence electrons. The summed E-state index contributed by atoms with van der Waals surface area (Å²) in [5.74, 6) is 0. The van der Waals surface area contributed by atoms with E-state index in [4.69, 9.17) is 39.2 Å². The fourth-order valence-corrected chi connectivity index (χ4v) is 6.90. The van der Waals surface area contributed by atoms with Crippen LogP contribution in [0.3, 0.4) is 0 Å². The van der Waals surface area contributed by atoms with Crippen molar-refractivity contribution >= 4 is 43.1 Å². The fourth-order valence-electron chi connectivity index (χ4n) is 3.03. The minimum absolute atomic E-state index is 0.161. The number of hydrogen-bond donors (Lipinski definition) is 1. The number of hydrogen-bond acceptors (Lipinski definition) is 2. The lowest BCUT2D eigenvalue weighted by Gasteiger charge is -2.35.